The monoisotopic (exact) mass is 686 g/mol. The molecule has 2 aromatic rings. The third kappa shape index (κ3) is 8.14. The van der Waals surface area contributed by atoms with Crippen molar-refractivity contribution in [2.24, 2.45) is 0 Å². The SMILES string of the molecule is CN(CC(F)(F)C(F)(F)C(F)(F)F)NC(=O)c1ccc(/C=C/C(c2cc(Cl)c(Cl)c(Cl)c2)C(F)(F)F)cc1C(F)(F)F. The molecule has 42 heavy (non-hydrogen) atoms. The summed E-state index contributed by atoms with van der Waals surface area (Å²) in [7, 11) is 0.384. The van der Waals surface area contributed by atoms with Gasteiger partial charge in [0.05, 0.1) is 38.7 Å². The zero-order chi connectivity index (χ0) is 32.6. The molecule has 0 heterocycles. The van der Waals surface area contributed by atoms with Gasteiger partial charge in [-0.1, -0.05) is 53.0 Å². The van der Waals surface area contributed by atoms with E-state index in [2.05, 4.69) is 0 Å². The molecule has 0 spiro atoms. The lowest BCUT2D eigenvalue weighted by atomic mass is 9.96. The van der Waals surface area contributed by atoms with Crippen LogP contribution in [0.4, 0.5) is 57.1 Å². The van der Waals surface area contributed by atoms with Gasteiger partial charge in [0.2, 0.25) is 0 Å². The summed E-state index contributed by atoms with van der Waals surface area (Å²) in [5.41, 5.74) is -2.86. The van der Waals surface area contributed by atoms with Crippen LogP contribution in [0.1, 0.15) is 33.0 Å². The highest BCUT2D eigenvalue weighted by atomic mass is 35.5. The molecule has 0 aliphatic rings. The number of nitrogens with one attached hydrogen (secondary N) is 1. The number of benzene rings is 2. The van der Waals surface area contributed by atoms with Crippen molar-refractivity contribution in [2.75, 3.05) is 13.6 Å². The molecule has 0 bridgehead atoms. The number of hydrogen-bond acceptors (Lipinski definition) is 2. The van der Waals surface area contributed by atoms with Crippen LogP contribution >= 0.6 is 34.8 Å². The molecule has 0 aliphatic heterocycles. The predicted molar refractivity (Wildman–Crippen MR) is 127 cm³/mol. The maximum absolute atomic E-state index is 13.7. The number of allylic oxidation sites excluding steroid dienone is 1. The van der Waals surface area contributed by atoms with Crippen molar-refractivity contribution >= 4 is 46.8 Å². The summed E-state index contributed by atoms with van der Waals surface area (Å²) in [5, 5.41) is -1.23. The molecule has 1 N–H and O–H groups in total. The Balaban J connectivity index is 2.40. The fourth-order valence-electron chi connectivity index (χ4n) is 3.35. The molecule has 19 heteroatoms. The van der Waals surface area contributed by atoms with Crippen molar-refractivity contribution in [3.05, 3.63) is 73.7 Å². The highest BCUT2D eigenvalue weighted by molar-refractivity contribution is 6.48. The van der Waals surface area contributed by atoms with Crippen molar-refractivity contribution in [1.29, 1.82) is 0 Å². The molecular weight excluding hydrogens is 674 g/mol. The quantitative estimate of drug-likeness (QED) is 0.170. The van der Waals surface area contributed by atoms with Crippen LogP contribution in [0.5, 0.6) is 0 Å². The summed E-state index contributed by atoms with van der Waals surface area (Å²) in [4.78, 5) is 12.3. The lowest BCUT2D eigenvalue weighted by Crippen LogP contribution is -2.58. The summed E-state index contributed by atoms with van der Waals surface area (Å²) < 4.78 is 173. The fourth-order valence-corrected chi connectivity index (χ4v) is 3.96. The Kier molecular flexibility index (Phi) is 10.5. The van der Waals surface area contributed by atoms with Gasteiger partial charge in [0, 0.05) is 7.05 Å². The Hall–Kier alpha value is -2.43. The van der Waals surface area contributed by atoms with Gasteiger partial charge in [-0.25, -0.2) is 5.01 Å². The number of alkyl halides is 13. The molecule has 2 rings (SSSR count). The van der Waals surface area contributed by atoms with E-state index < -0.39 is 71.0 Å². The van der Waals surface area contributed by atoms with Crippen LogP contribution < -0.4 is 5.43 Å². The molecule has 0 saturated heterocycles. The summed E-state index contributed by atoms with van der Waals surface area (Å²) in [6.45, 7) is -2.47. The predicted octanol–water partition coefficient (Wildman–Crippen LogP) is 9.43. The van der Waals surface area contributed by atoms with Crippen LogP contribution in [0.25, 0.3) is 6.08 Å². The molecule has 1 unspecified atom stereocenters. The third-order valence-corrected chi connectivity index (χ3v) is 6.53. The maximum atomic E-state index is 13.7. The normalized spacial score (nSPS) is 14.5. The van der Waals surface area contributed by atoms with Gasteiger partial charge in [0.15, 0.2) is 0 Å². The van der Waals surface area contributed by atoms with Gasteiger partial charge >= 0.3 is 30.4 Å². The number of hydrogen-bond donors (Lipinski definition) is 1. The molecule has 1 amide bonds. The number of rotatable bonds is 8. The van der Waals surface area contributed by atoms with Crippen molar-refractivity contribution in [1.82, 2.24) is 10.4 Å². The van der Waals surface area contributed by atoms with E-state index in [1.807, 2.05) is 0 Å². The molecule has 1 atom stereocenters. The number of hydrazine groups is 1. The van der Waals surface area contributed by atoms with Crippen molar-refractivity contribution in [3.63, 3.8) is 0 Å². The van der Waals surface area contributed by atoms with Crippen LogP contribution in [0.15, 0.2) is 36.4 Å². The molecular formula is C23H14Cl3F13N2O. The molecule has 0 aliphatic carbocycles. The number of carbonyl (C=O) groups excluding carboxylic acids is 1. The second kappa shape index (κ2) is 12.3. The van der Waals surface area contributed by atoms with Crippen molar-refractivity contribution < 1.29 is 61.9 Å². The first-order valence-corrected chi connectivity index (χ1v) is 11.9. The van der Waals surface area contributed by atoms with Crippen LogP contribution in [0.3, 0.4) is 0 Å². The minimum Gasteiger partial charge on any atom is -0.285 e. The van der Waals surface area contributed by atoms with E-state index in [9.17, 15) is 61.9 Å². The Labute approximate surface area is 242 Å². The molecule has 234 valence electrons. The topological polar surface area (TPSA) is 32.3 Å². The summed E-state index contributed by atoms with van der Waals surface area (Å²) in [6.07, 6.45) is -16.0. The first kappa shape index (κ1) is 35.8. The van der Waals surface area contributed by atoms with E-state index in [4.69, 9.17) is 34.8 Å². The van der Waals surface area contributed by atoms with Crippen LogP contribution in [0.2, 0.25) is 15.1 Å². The van der Waals surface area contributed by atoms with Gasteiger partial charge in [-0.15, -0.1) is 0 Å². The van der Waals surface area contributed by atoms with E-state index in [1.165, 1.54) is 5.43 Å². The third-order valence-electron chi connectivity index (χ3n) is 5.34. The lowest BCUT2D eigenvalue weighted by Gasteiger charge is -2.31. The van der Waals surface area contributed by atoms with Gasteiger partial charge in [-0.2, -0.15) is 57.1 Å². The Morgan fingerprint density at radius 2 is 1.40 bits per heavy atom. The lowest BCUT2D eigenvalue weighted by molar-refractivity contribution is -0.356. The molecule has 3 nitrogen and oxygen atoms in total. The van der Waals surface area contributed by atoms with E-state index in [1.54, 1.807) is 0 Å². The minimum absolute atomic E-state index is 0.215. The second-order valence-electron chi connectivity index (χ2n) is 8.55. The van der Waals surface area contributed by atoms with Gasteiger partial charge in [0.1, 0.15) is 0 Å². The van der Waals surface area contributed by atoms with Gasteiger partial charge in [-0.05, 0) is 35.4 Å². The summed E-state index contributed by atoms with van der Waals surface area (Å²) in [6, 6.07) is 3.02. The van der Waals surface area contributed by atoms with Crippen LogP contribution in [-0.2, 0) is 6.18 Å². The van der Waals surface area contributed by atoms with Crippen molar-refractivity contribution in [3.8, 4) is 0 Å². The summed E-state index contributed by atoms with van der Waals surface area (Å²) >= 11 is 17.2. The number of carbonyl (C=O) groups is 1. The molecule has 0 radical (unpaired) electrons. The standard InChI is InChI=1S/C23H14Cl3F13N2O/c1-41(9-19(27,28)22(35,36)23(37,38)39)40-18(42)12-4-2-10(6-14(12)21(32,33)34)3-5-13(20(29,30)31)11-7-15(24)17(26)16(25)8-11/h2-8,13H,9H2,1H3,(H,40,42)/b5-3+. The first-order chi connectivity index (χ1) is 18.8. The average molecular weight is 688 g/mol. The Bertz CT molecular complexity index is 1320. The van der Waals surface area contributed by atoms with E-state index in [0.29, 0.717) is 25.3 Å². The smallest absolute Gasteiger partial charge is 0.285 e. The Morgan fingerprint density at radius 1 is 0.881 bits per heavy atom. The molecule has 2 aromatic carbocycles. The average Bonchev–Trinajstić information content (AvgIpc) is 2.79. The highest BCUT2D eigenvalue weighted by Gasteiger charge is 2.73. The zero-order valence-electron chi connectivity index (χ0n) is 20.2. The summed E-state index contributed by atoms with van der Waals surface area (Å²) in [5.74, 6) is -16.7. The number of halogens is 16. The molecule has 0 aromatic heterocycles. The fraction of sp³-hybridized carbons (Fsp3) is 0.348. The minimum atomic E-state index is -6.69. The second-order valence-corrected chi connectivity index (χ2v) is 9.75. The Morgan fingerprint density at radius 3 is 1.86 bits per heavy atom. The maximum Gasteiger partial charge on any atom is 0.459 e. The van der Waals surface area contributed by atoms with Crippen LogP contribution in [0, 0.1) is 0 Å². The van der Waals surface area contributed by atoms with E-state index >= 15 is 0 Å². The number of nitrogens with zero attached hydrogens (tertiary/aromatic N) is 1. The zero-order valence-corrected chi connectivity index (χ0v) is 22.5. The van der Waals surface area contributed by atoms with Gasteiger partial charge in [0.25, 0.3) is 5.91 Å². The van der Waals surface area contributed by atoms with E-state index in [-0.39, 0.29) is 26.1 Å². The van der Waals surface area contributed by atoms with Gasteiger partial charge < -0.3 is 0 Å². The highest BCUT2D eigenvalue weighted by Crippen LogP contribution is 2.46. The molecule has 0 fully saturated rings. The van der Waals surface area contributed by atoms with Crippen molar-refractivity contribution in [2.45, 2.75) is 36.3 Å². The van der Waals surface area contributed by atoms with Gasteiger partial charge in [-0.3, -0.25) is 10.2 Å². The largest absolute Gasteiger partial charge is 0.459 e. The van der Waals surface area contributed by atoms with Crippen LogP contribution in [-0.4, -0.2) is 48.7 Å². The number of amides is 1. The van der Waals surface area contributed by atoms with E-state index in [0.717, 1.165) is 18.2 Å². The first-order valence-electron chi connectivity index (χ1n) is 10.7. The molecule has 0 saturated carbocycles.